The van der Waals surface area contributed by atoms with E-state index in [1.165, 1.54) is 60.3 Å². The number of furan rings is 1. The van der Waals surface area contributed by atoms with Crippen LogP contribution in [0.15, 0.2) is 205 Å². The van der Waals surface area contributed by atoms with Crippen molar-refractivity contribution >= 4 is 60.5 Å². The predicted molar refractivity (Wildman–Crippen MR) is 220 cm³/mol. The molecule has 0 N–H and O–H groups in total. The van der Waals surface area contributed by atoms with Crippen molar-refractivity contribution in [1.29, 1.82) is 0 Å². The highest BCUT2D eigenvalue weighted by Gasteiger charge is 2.15. The quantitative estimate of drug-likeness (QED) is 0.176. The van der Waals surface area contributed by atoms with Crippen LogP contribution in [0.25, 0.3) is 76.9 Å². The Hall–Kier alpha value is -6.90. The lowest BCUT2D eigenvalue weighted by Crippen LogP contribution is -2.10. The van der Waals surface area contributed by atoms with Crippen molar-refractivity contribution < 1.29 is 4.42 Å². The SMILES string of the molecule is c1ccc(-c2cccc(N(c3ccc(-c4ccc5ccccc5c4)cc3)c3ccc(-c4ccc5c(ccc6oc7ccccc7c65)c4)cc3)c2)cc1. The van der Waals surface area contributed by atoms with Crippen molar-refractivity contribution in [3.05, 3.63) is 200 Å². The fraction of sp³-hybridized carbons (Fsp3) is 0. The first-order chi connectivity index (χ1) is 25.7. The van der Waals surface area contributed by atoms with Crippen molar-refractivity contribution in [2.75, 3.05) is 4.90 Å². The lowest BCUT2D eigenvalue weighted by Gasteiger charge is -2.26. The number of fused-ring (bicyclic) bond motifs is 6. The molecule has 0 saturated carbocycles. The van der Waals surface area contributed by atoms with Gasteiger partial charge in [-0.2, -0.15) is 0 Å². The molecule has 0 unspecified atom stereocenters. The van der Waals surface area contributed by atoms with E-state index in [9.17, 15) is 0 Å². The maximum atomic E-state index is 6.16. The average Bonchev–Trinajstić information content (AvgIpc) is 3.61. The Bertz CT molecular complexity index is 2890. The van der Waals surface area contributed by atoms with Crippen molar-refractivity contribution in [2.24, 2.45) is 0 Å². The summed E-state index contributed by atoms with van der Waals surface area (Å²) in [6.07, 6.45) is 0. The molecule has 1 aromatic heterocycles. The van der Waals surface area contributed by atoms with E-state index in [4.69, 9.17) is 4.42 Å². The molecule has 10 rings (SSSR count). The van der Waals surface area contributed by atoms with Crippen LogP contribution in [0.2, 0.25) is 0 Å². The number of hydrogen-bond acceptors (Lipinski definition) is 2. The van der Waals surface area contributed by atoms with Gasteiger partial charge in [-0.05, 0) is 116 Å². The van der Waals surface area contributed by atoms with Crippen LogP contribution < -0.4 is 4.90 Å². The van der Waals surface area contributed by atoms with Crippen molar-refractivity contribution in [3.8, 4) is 33.4 Å². The van der Waals surface area contributed by atoms with Crippen LogP contribution in [0.1, 0.15) is 0 Å². The molecule has 0 fully saturated rings. The Morgan fingerprint density at radius 3 is 1.62 bits per heavy atom. The van der Waals surface area contributed by atoms with E-state index in [1.54, 1.807) is 0 Å². The van der Waals surface area contributed by atoms with Gasteiger partial charge in [0.1, 0.15) is 11.2 Å². The minimum absolute atomic E-state index is 0.923. The van der Waals surface area contributed by atoms with E-state index < -0.39 is 0 Å². The maximum Gasteiger partial charge on any atom is 0.136 e. The van der Waals surface area contributed by atoms with Gasteiger partial charge in [-0.25, -0.2) is 0 Å². The van der Waals surface area contributed by atoms with Gasteiger partial charge in [-0.1, -0.05) is 140 Å². The van der Waals surface area contributed by atoms with Gasteiger partial charge in [0.05, 0.1) is 0 Å². The summed E-state index contributed by atoms with van der Waals surface area (Å²) < 4.78 is 6.16. The fourth-order valence-electron chi connectivity index (χ4n) is 7.61. The highest BCUT2D eigenvalue weighted by molar-refractivity contribution is 6.19. The highest BCUT2D eigenvalue weighted by atomic mass is 16.3. The molecular weight excluding hydrogens is 631 g/mol. The first kappa shape index (κ1) is 30.0. The molecule has 244 valence electrons. The van der Waals surface area contributed by atoms with E-state index in [0.29, 0.717) is 0 Å². The number of rotatable bonds is 6. The zero-order valence-corrected chi connectivity index (χ0v) is 28.4. The third-order valence-electron chi connectivity index (χ3n) is 10.2. The summed E-state index contributed by atoms with van der Waals surface area (Å²) in [5.41, 5.74) is 12.3. The summed E-state index contributed by atoms with van der Waals surface area (Å²) in [5, 5.41) is 7.24. The minimum Gasteiger partial charge on any atom is -0.456 e. The van der Waals surface area contributed by atoms with E-state index in [2.05, 4.69) is 193 Å². The molecule has 2 heteroatoms. The molecule has 2 nitrogen and oxygen atoms in total. The van der Waals surface area contributed by atoms with E-state index in [-0.39, 0.29) is 0 Å². The Morgan fingerprint density at radius 1 is 0.288 bits per heavy atom. The monoisotopic (exact) mass is 663 g/mol. The molecule has 0 bridgehead atoms. The number of anilines is 3. The van der Waals surface area contributed by atoms with Gasteiger partial charge in [-0.3, -0.25) is 0 Å². The number of benzene rings is 9. The van der Waals surface area contributed by atoms with Crippen LogP contribution in [-0.4, -0.2) is 0 Å². The largest absolute Gasteiger partial charge is 0.456 e. The zero-order chi connectivity index (χ0) is 34.4. The number of nitrogens with zero attached hydrogens (tertiary/aromatic N) is 1. The van der Waals surface area contributed by atoms with Crippen molar-refractivity contribution in [2.45, 2.75) is 0 Å². The topological polar surface area (TPSA) is 16.4 Å². The molecule has 9 aromatic carbocycles. The normalized spacial score (nSPS) is 11.5. The molecule has 1 heterocycles. The summed E-state index contributed by atoms with van der Waals surface area (Å²) in [7, 11) is 0. The van der Waals surface area contributed by atoms with Crippen LogP contribution in [0.5, 0.6) is 0 Å². The van der Waals surface area contributed by atoms with Gasteiger partial charge in [-0.15, -0.1) is 0 Å². The van der Waals surface area contributed by atoms with E-state index in [0.717, 1.165) is 33.6 Å². The average molecular weight is 664 g/mol. The lowest BCUT2D eigenvalue weighted by molar-refractivity contribution is 0.669. The van der Waals surface area contributed by atoms with Gasteiger partial charge in [0.2, 0.25) is 0 Å². The van der Waals surface area contributed by atoms with Crippen LogP contribution in [-0.2, 0) is 0 Å². The van der Waals surface area contributed by atoms with Crippen molar-refractivity contribution in [3.63, 3.8) is 0 Å². The van der Waals surface area contributed by atoms with Gasteiger partial charge < -0.3 is 9.32 Å². The zero-order valence-electron chi connectivity index (χ0n) is 28.4. The molecular formula is C50H33NO. The molecule has 0 saturated heterocycles. The smallest absolute Gasteiger partial charge is 0.136 e. The summed E-state index contributed by atoms with van der Waals surface area (Å²) >= 11 is 0. The maximum absolute atomic E-state index is 6.16. The summed E-state index contributed by atoms with van der Waals surface area (Å²) in [4.78, 5) is 2.35. The predicted octanol–water partition coefficient (Wildman–Crippen LogP) is 14.4. The van der Waals surface area contributed by atoms with Crippen LogP contribution in [0.4, 0.5) is 17.1 Å². The molecule has 10 aromatic rings. The Balaban J connectivity index is 1.03. The highest BCUT2D eigenvalue weighted by Crippen LogP contribution is 2.40. The van der Waals surface area contributed by atoms with Crippen LogP contribution in [0, 0.1) is 0 Å². The third-order valence-corrected chi connectivity index (χ3v) is 10.2. The van der Waals surface area contributed by atoms with Crippen LogP contribution in [0.3, 0.4) is 0 Å². The number of para-hydroxylation sites is 1. The standard InChI is InChI=1S/C50H33NO/c1-2-9-34(10-3-1)39-13-8-14-45(33-39)51(43-25-19-36(20-26-43)40-18-17-35-11-4-5-12-38(35)31-40)44-27-21-37(22-28-44)41-23-29-46-42(32-41)24-30-49-50(46)47-15-6-7-16-48(47)52-49/h1-33H. The molecule has 52 heavy (non-hydrogen) atoms. The van der Waals surface area contributed by atoms with Gasteiger partial charge >= 0.3 is 0 Å². The first-order valence-electron chi connectivity index (χ1n) is 17.7. The fourth-order valence-corrected chi connectivity index (χ4v) is 7.61. The second-order valence-corrected chi connectivity index (χ2v) is 13.4. The van der Waals surface area contributed by atoms with E-state index in [1.807, 2.05) is 12.1 Å². The minimum atomic E-state index is 0.923. The van der Waals surface area contributed by atoms with Gasteiger partial charge in [0, 0.05) is 27.8 Å². The summed E-state index contributed by atoms with van der Waals surface area (Å²) in [6.45, 7) is 0. The van der Waals surface area contributed by atoms with Gasteiger partial charge in [0.25, 0.3) is 0 Å². The molecule has 0 spiro atoms. The number of hydrogen-bond donors (Lipinski definition) is 0. The Labute approximate surface area is 302 Å². The molecule has 0 radical (unpaired) electrons. The molecule has 0 aliphatic carbocycles. The Morgan fingerprint density at radius 2 is 0.846 bits per heavy atom. The lowest BCUT2D eigenvalue weighted by atomic mass is 9.98. The first-order valence-corrected chi connectivity index (χ1v) is 17.7. The molecule has 0 aliphatic heterocycles. The summed E-state index contributed by atoms with van der Waals surface area (Å²) in [6, 6.07) is 71.8. The second kappa shape index (κ2) is 12.5. The summed E-state index contributed by atoms with van der Waals surface area (Å²) in [5.74, 6) is 0. The molecule has 0 aliphatic rings. The Kier molecular flexibility index (Phi) is 7.18. The second-order valence-electron chi connectivity index (χ2n) is 13.4. The van der Waals surface area contributed by atoms with Gasteiger partial charge in [0.15, 0.2) is 0 Å². The van der Waals surface area contributed by atoms with Crippen LogP contribution >= 0.6 is 0 Å². The van der Waals surface area contributed by atoms with E-state index >= 15 is 0 Å². The van der Waals surface area contributed by atoms with Crippen molar-refractivity contribution in [1.82, 2.24) is 0 Å². The third kappa shape index (κ3) is 5.30. The molecule has 0 amide bonds. The molecule has 0 atom stereocenters.